The number of nitrogens with zero attached hydrogens (tertiary/aromatic N) is 1. The Morgan fingerprint density at radius 2 is 2.05 bits per heavy atom. The van der Waals surface area contributed by atoms with E-state index in [0.29, 0.717) is 23.8 Å². The van der Waals surface area contributed by atoms with Crippen molar-refractivity contribution in [2.45, 2.75) is 76.4 Å². The Morgan fingerprint density at radius 1 is 1.38 bits per heavy atom. The molecule has 0 spiro atoms. The SMILES string of the molecule is CCC(CC)c1cc(C(=O)NC2CC3CCC(C2)N3)on1. The Kier molecular flexibility index (Phi) is 4.29. The number of carbonyl (C=O) groups is 1. The van der Waals surface area contributed by atoms with Gasteiger partial charge in [-0.05, 0) is 38.5 Å². The molecule has 116 valence electrons. The molecule has 5 heteroatoms. The quantitative estimate of drug-likeness (QED) is 0.875. The molecular formula is C16H25N3O2. The van der Waals surface area contributed by atoms with Gasteiger partial charge in [0, 0.05) is 30.1 Å². The summed E-state index contributed by atoms with van der Waals surface area (Å²) in [5.74, 6) is 0.610. The number of hydrogen-bond acceptors (Lipinski definition) is 4. The summed E-state index contributed by atoms with van der Waals surface area (Å²) in [5.41, 5.74) is 0.899. The number of amides is 1. The molecule has 2 atom stereocenters. The van der Waals surface area contributed by atoms with Crippen molar-refractivity contribution >= 4 is 5.91 Å². The summed E-state index contributed by atoms with van der Waals surface area (Å²) in [6.45, 7) is 4.26. The minimum absolute atomic E-state index is 0.119. The maximum atomic E-state index is 12.3. The third-order valence-corrected chi connectivity index (χ3v) is 4.96. The molecule has 2 bridgehead atoms. The highest BCUT2D eigenvalue weighted by molar-refractivity contribution is 5.91. The van der Waals surface area contributed by atoms with Crippen molar-refractivity contribution in [2.24, 2.45) is 0 Å². The molecule has 2 saturated heterocycles. The minimum atomic E-state index is -0.119. The lowest BCUT2D eigenvalue weighted by atomic mass is 9.99. The van der Waals surface area contributed by atoms with Crippen molar-refractivity contribution in [2.75, 3.05) is 0 Å². The molecular weight excluding hydrogens is 266 g/mol. The first-order chi connectivity index (χ1) is 10.2. The van der Waals surface area contributed by atoms with E-state index < -0.39 is 0 Å². The lowest BCUT2D eigenvalue weighted by molar-refractivity contribution is 0.0886. The molecule has 1 aromatic rings. The summed E-state index contributed by atoms with van der Waals surface area (Å²) >= 11 is 0. The Morgan fingerprint density at radius 3 is 2.67 bits per heavy atom. The maximum absolute atomic E-state index is 12.3. The third kappa shape index (κ3) is 3.12. The number of fused-ring (bicyclic) bond motifs is 2. The van der Waals surface area contributed by atoms with E-state index >= 15 is 0 Å². The molecule has 2 aliphatic rings. The van der Waals surface area contributed by atoms with Gasteiger partial charge >= 0.3 is 0 Å². The summed E-state index contributed by atoms with van der Waals surface area (Å²) in [5, 5.41) is 10.8. The Bertz CT molecular complexity index is 483. The van der Waals surface area contributed by atoms with E-state index in [4.69, 9.17) is 4.52 Å². The standard InChI is InChI=1S/C16H25N3O2/c1-3-10(4-2)14-9-15(21-19-14)16(20)18-13-7-11-5-6-12(8-13)17-11/h9-13,17H,3-8H2,1-2H3,(H,18,20). The zero-order valence-electron chi connectivity index (χ0n) is 12.9. The van der Waals surface area contributed by atoms with Gasteiger partial charge in [0.15, 0.2) is 0 Å². The molecule has 2 aliphatic heterocycles. The summed E-state index contributed by atoms with van der Waals surface area (Å²) in [6, 6.07) is 3.22. The second kappa shape index (κ2) is 6.18. The van der Waals surface area contributed by atoms with Crippen LogP contribution in [0, 0.1) is 0 Å². The van der Waals surface area contributed by atoms with Gasteiger partial charge in [0.2, 0.25) is 5.76 Å². The normalized spacial score (nSPS) is 28.0. The van der Waals surface area contributed by atoms with Gasteiger partial charge in [0.25, 0.3) is 5.91 Å². The van der Waals surface area contributed by atoms with Crippen LogP contribution in [0.25, 0.3) is 0 Å². The van der Waals surface area contributed by atoms with E-state index in [-0.39, 0.29) is 11.9 Å². The highest BCUT2D eigenvalue weighted by Crippen LogP contribution is 2.27. The van der Waals surface area contributed by atoms with Crippen LogP contribution in [0.1, 0.15) is 74.5 Å². The highest BCUT2D eigenvalue weighted by Gasteiger charge is 2.34. The summed E-state index contributed by atoms with van der Waals surface area (Å²) in [7, 11) is 0. The summed E-state index contributed by atoms with van der Waals surface area (Å²) in [6.07, 6.45) is 6.55. The highest BCUT2D eigenvalue weighted by atomic mass is 16.5. The van der Waals surface area contributed by atoms with Crippen molar-refractivity contribution < 1.29 is 9.32 Å². The molecule has 0 saturated carbocycles. The van der Waals surface area contributed by atoms with E-state index in [1.54, 1.807) is 0 Å². The lowest BCUT2D eigenvalue weighted by Gasteiger charge is -2.29. The molecule has 1 amide bonds. The van der Waals surface area contributed by atoms with E-state index in [1.165, 1.54) is 12.8 Å². The molecule has 0 aromatic carbocycles. The lowest BCUT2D eigenvalue weighted by Crippen LogP contribution is -2.47. The number of hydrogen-bond donors (Lipinski definition) is 2. The fourth-order valence-corrected chi connectivity index (χ4v) is 3.73. The topological polar surface area (TPSA) is 67.2 Å². The van der Waals surface area contributed by atoms with Crippen molar-refractivity contribution in [1.29, 1.82) is 0 Å². The number of carbonyl (C=O) groups excluding carboxylic acids is 1. The van der Waals surface area contributed by atoms with Gasteiger partial charge in [-0.1, -0.05) is 19.0 Å². The van der Waals surface area contributed by atoms with Crippen LogP contribution in [0.2, 0.25) is 0 Å². The zero-order valence-corrected chi connectivity index (χ0v) is 12.9. The van der Waals surface area contributed by atoms with E-state index in [1.807, 2.05) is 6.07 Å². The van der Waals surface area contributed by atoms with Crippen LogP contribution in [0.3, 0.4) is 0 Å². The average molecular weight is 291 g/mol. The van der Waals surface area contributed by atoms with Gasteiger partial charge in [0.05, 0.1) is 5.69 Å². The van der Waals surface area contributed by atoms with Crippen LogP contribution < -0.4 is 10.6 Å². The number of piperidine rings is 1. The van der Waals surface area contributed by atoms with Crippen molar-refractivity contribution in [1.82, 2.24) is 15.8 Å². The van der Waals surface area contributed by atoms with Gasteiger partial charge in [-0.25, -0.2) is 0 Å². The molecule has 3 heterocycles. The fraction of sp³-hybridized carbons (Fsp3) is 0.750. The number of nitrogens with one attached hydrogen (secondary N) is 2. The third-order valence-electron chi connectivity index (χ3n) is 4.96. The fourth-order valence-electron chi connectivity index (χ4n) is 3.73. The van der Waals surface area contributed by atoms with Crippen LogP contribution in [-0.4, -0.2) is 29.2 Å². The second-order valence-electron chi connectivity index (χ2n) is 6.41. The second-order valence-corrected chi connectivity index (χ2v) is 6.41. The molecule has 3 rings (SSSR count). The Balaban J connectivity index is 1.60. The summed E-state index contributed by atoms with van der Waals surface area (Å²) < 4.78 is 5.24. The van der Waals surface area contributed by atoms with Crippen LogP contribution in [0.4, 0.5) is 0 Å². The van der Waals surface area contributed by atoms with E-state index in [9.17, 15) is 4.79 Å². The Labute approximate surface area is 125 Å². The van der Waals surface area contributed by atoms with Gasteiger partial charge in [-0.2, -0.15) is 0 Å². The molecule has 2 fully saturated rings. The van der Waals surface area contributed by atoms with Crippen LogP contribution in [-0.2, 0) is 0 Å². The average Bonchev–Trinajstić information content (AvgIpc) is 3.08. The monoisotopic (exact) mass is 291 g/mol. The predicted molar refractivity (Wildman–Crippen MR) is 80.3 cm³/mol. The molecule has 0 aliphatic carbocycles. The predicted octanol–water partition coefficient (Wildman–Crippen LogP) is 2.59. The van der Waals surface area contributed by atoms with E-state index in [2.05, 4.69) is 29.6 Å². The first-order valence-corrected chi connectivity index (χ1v) is 8.23. The van der Waals surface area contributed by atoms with Gasteiger partial charge in [-0.15, -0.1) is 0 Å². The molecule has 21 heavy (non-hydrogen) atoms. The minimum Gasteiger partial charge on any atom is -0.351 e. The Hall–Kier alpha value is -1.36. The molecule has 5 nitrogen and oxygen atoms in total. The van der Waals surface area contributed by atoms with Gasteiger partial charge < -0.3 is 15.2 Å². The van der Waals surface area contributed by atoms with Gasteiger partial charge in [0.1, 0.15) is 0 Å². The van der Waals surface area contributed by atoms with Crippen molar-refractivity contribution in [3.63, 3.8) is 0 Å². The van der Waals surface area contributed by atoms with Crippen LogP contribution in [0.5, 0.6) is 0 Å². The first kappa shape index (κ1) is 14.6. The number of rotatable bonds is 5. The van der Waals surface area contributed by atoms with Crippen LogP contribution in [0.15, 0.2) is 10.6 Å². The van der Waals surface area contributed by atoms with E-state index in [0.717, 1.165) is 31.4 Å². The zero-order chi connectivity index (χ0) is 14.8. The van der Waals surface area contributed by atoms with Crippen molar-refractivity contribution in [3.8, 4) is 0 Å². The van der Waals surface area contributed by atoms with Crippen molar-refractivity contribution in [3.05, 3.63) is 17.5 Å². The molecule has 1 aromatic heterocycles. The number of aromatic nitrogens is 1. The summed E-state index contributed by atoms with van der Waals surface area (Å²) in [4.78, 5) is 12.3. The van der Waals surface area contributed by atoms with Gasteiger partial charge in [-0.3, -0.25) is 4.79 Å². The first-order valence-electron chi connectivity index (χ1n) is 8.23. The molecule has 2 N–H and O–H groups in total. The molecule has 2 unspecified atom stereocenters. The maximum Gasteiger partial charge on any atom is 0.290 e. The molecule has 0 radical (unpaired) electrons. The largest absolute Gasteiger partial charge is 0.351 e. The van der Waals surface area contributed by atoms with Crippen LogP contribution >= 0.6 is 0 Å². The smallest absolute Gasteiger partial charge is 0.290 e.